The first-order valence-electron chi connectivity index (χ1n) is 8.91. The average Bonchev–Trinajstić information content (AvgIpc) is 3.13. The first kappa shape index (κ1) is 16.8. The molecule has 1 amide bonds. The van der Waals surface area contributed by atoms with E-state index >= 15 is 0 Å². The highest BCUT2D eigenvalue weighted by Gasteiger charge is 2.44. The SMILES string of the molecule is O=C(NCc1ccccc1)c1nc2n(c(=O)c1O)CCOC21CCCC1. The number of nitrogens with zero attached hydrogens (tertiary/aromatic N) is 2. The van der Waals surface area contributed by atoms with Gasteiger partial charge in [-0.2, -0.15) is 0 Å². The molecular formula is C19H21N3O4. The Morgan fingerprint density at radius 3 is 2.73 bits per heavy atom. The monoisotopic (exact) mass is 355 g/mol. The summed E-state index contributed by atoms with van der Waals surface area (Å²) in [5.74, 6) is -0.700. The summed E-state index contributed by atoms with van der Waals surface area (Å²) in [6.45, 7) is 1.04. The van der Waals surface area contributed by atoms with E-state index in [0.717, 1.165) is 31.2 Å². The summed E-state index contributed by atoms with van der Waals surface area (Å²) in [7, 11) is 0. The molecule has 1 fully saturated rings. The van der Waals surface area contributed by atoms with E-state index in [1.807, 2.05) is 30.3 Å². The zero-order valence-corrected chi connectivity index (χ0v) is 14.4. The predicted molar refractivity (Wildman–Crippen MR) is 93.9 cm³/mol. The van der Waals surface area contributed by atoms with Crippen LogP contribution < -0.4 is 10.9 Å². The van der Waals surface area contributed by atoms with Crippen LogP contribution in [-0.4, -0.2) is 27.2 Å². The summed E-state index contributed by atoms with van der Waals surface area (Å²) in [6.07, 6.45) is 3.53. The Kier molecular flexibility index (Phi) is 4.24. The third kappa shape index (κ3) is 2.78. The summed E-state index contributed by atoms with van der Waals surface area (Å²) < 4.78 is 7.43. The third-order valence-electron chi connectivity index (χ3n) is 5.17. The predicted octanol–water partition coefficient (Wildman–Crippen LogP) is 1.68. The number of fused-ring (bicyclic) bond motifs is 2. The molecule has 1 aromatic heterocycles. The van der Waals surface area contributed by atoms with Crippen molar-refractivity contribution in [1.82, 2.24) is 14.9 Å². The van der Waals surface area contributed by atoms with Gasteiger partial charge in [0.25, 0.3) is 11.5 Å². The van der Waals surface area contributed by atoms with E-state index in [1.54, 1.807) is 0 Å². The van der Waals surface area contributed by atoms with Gasteiger partial charge in [0, 0.05) is 6.54 Å². The van der Waals surface area contributed by atoms with Crippen molar-refractivity contribution in [2.45, 2.75) is 44.4 Å². The first-order chi connectivity index (χ1) is 12.6. The number of carbonyl (C=O) groups is 1. The van der Waals surface area contributed by atoms with Gasteiger partial charge < -0.3 is 15.2 Å². The molecule has 7 heteroatoms. The van der Waals surface area contributed by atoms with Crippen molar-refractivity contribution in [2.24, 2.45) is 0 Å². The number of ether oxygens (including phenoxy) is 1. The zero-order chi connectivity index (χ0) is 18.1. The second-order valence-corrected chi connectivity index (χ2v) is 6.81. The molecule has 0 radical (unpaired) electrons. The van der Waals surface area contributed by atoms with E-state index in [4.69, 9.17) is 4.74 Å². The Morgan fingerprint density at radius 1 is 1.27 bits per heavy atom. The number of amides is 1. The maximum atomic E-state index is 12.6. The molecule has 26 heavy (non-hydrogen) atoms. The second kappa shape index (κ2) is 6.57. The van der Waals surface area contributed by atoms with Crippen molar-refractivity contribution in [3.63, 3.8) is 0 Å². The highest BCUT2D eigenvalue weighted by molar-refractivity contribution is 5.94. The second-order valence-electron chi connectivity index (χ2n) is 6.81. The largest absolute Gasteiger partial charge is 0.501 e. The van der Waals surface area contributed by atoms with Crippen molar-refractivity contribution < 1.29 is 14.6 Å². The first-order valence-corrected chi connectivity index (χ1v) is 8.91. The van der Waals surface area contributed by atoms with E-state index in [0.29, 0.717) is 25.5 Å². The Hall–Kier alpha value is -2.67. The van der Waals surface area contributed by atoms with Gasteiger partial charge in [-0.1, -0.05) is 30.3 Å². The Balaban J connectivity index is 1.67. The lowest BCUT2D eigenvalue weighted by Crippen LogP contribution is -2.44. The van der Waals surface area contributed by atoms with Crippen molar-refractivity contribution in [3.8, 4) is 5.75 Å². The molecule has 2 heterocycles. The lowest BCUT2D eigenvalue weighted by Gasteiger charge is -2.35. The van der Waals surface area contributed by atoms with Crippen molar-refractivity contribution in [2.75, 3.05) is 6.61 Å². The molecule has 1 spiro atoms. The van der Waals surface area contributed by atoms with Crippen molar-refractivity contribution >= 4 is 5.91 Å². The quantitative estimate of drug-likeness (QED) is 0.874. The summed E-state index contributed by atoms with van der Waals surface area (Å²) in [4.78, 5) is 29.5. The lowest BCUT2D eigenvalue weighted by atomic mass is 9.99. The van der Waals surface area contributed by atoms with Gasteiger partial charge >= 0.3 is 0 Å². The van der Waals surface area contributed by atoms with Gasteiger partial charge in [0.1, 0.15) is 11.4 Å². The van der Waals surface area contributed by atoms with Crippen LogP contribution in [0.4, 0.5) is 0 Å². The number of hydrogen-bond donors (Lipinski definition) is 2. The van der Waals surface area contributed by atoms with Gasteiger partial charge in [-0.25, -0.2) is 4.98 Å². The van der Waals surface area contributed by atoms with E-state index < -0.39 is 22.8 Å². The number of aromatic nitrogens is 2. The fraction of sp³-hybridized carbons (Fsp3) is 0.421. The summed E-state index contributed by atoms with van der Waals surface area (Å²) in [6, 6.07) is 9.42. The molecule has 0 atom stereocenters. The number of benzene rings is 1. The third-order valence-corrected chi connectivity index (χ3v) is 5.17. The lowest BCUT2D eigenvalue weighted by molar-refractivity contribution is -0.0789. The minimum atomic E-state index is -0.612. The van der Waals surface area contributed by atoms with Gasteiger partial charge in [-0.15, -0.1) is 0 Å². The molecule has 136 valence electrons. The fourth-order valence-electron chi connectivity index (χ4n) is 3.83. The van der Waals surface area contributed by atoms with Crippen LogP contribution >= 0.6 is 0 Å². The van der Waals surface area contributed by atoms with Crippen LogP contribution in [0.3, 0.4) is 0 Å². The number of nitrogens with one attached hydrogen (secondary N) is 1. The average molecular weight is 355 g/mol. The molecule has 0 bridgehead atoms. The molecular weight excluding hydrogens is 334 g/mol. The van der Waals surface area contributed by atoms with Gasteiger partial charge in [0.05, 0.1) is 13.2 Å². The highest BCUT2D eigenvalue weighted by atomic mass is 16.5. The van der Waals surface area contributed by atoms with Crippen molar-refractivity contribution in [1.29, 1.82) is 0 Å². The molecule has 0 unspecified atom stereocenters. The summed E-state index contributed by atoms with van der Waals surface area (Å²) in [5, 5.41) is 13.0. The van der Waals surface area contributed by atoms with Crippen LogP contribution in [0.15, 0.2) is 35.1 Å². The molecule has 0 saturated heterocycles. The van der Waals surface area contributed by atoms with Crippen LogP contribution in [0.2, 0.25) is 0 Å². The number of hydrogen-bond acceptors (Lipinski definition) is 5. The molecule has 1 aliphatic carbocycles. The molecule has 1 aromatic carbocycles. The highest BCUT2D eigenvalue weighted by Crippen LogP contribution is 2.42. The van der Waals surface area contributed by atoms with Crippen LogP contribution in [0, 0.1) is 0 Å². The Morgan fingerprint density at radius 2 is 2.00 bits per heavy atom. The maximum Gasteiger partial charge on any atom is 0.296 e. The van der Waals surface area contributed by atoms with E-state index in [-0.39, 0.29) is 5.69 Å². The summed E-state index contributed by atoms with van der Waals surface area (Å²) in [5.41, 5.74) is -0.492. The Bertz CT molecular complexity index is 886. The molecule has 1 saturated carbocycles. The van der Waals surface area contributed by atoms with Gasteiger partial charge in [-0.3, -0.25) is 14.2 Å². The molecule has 1 aliphatic heterocycles. The molecule has 2 N–H and O–H groups in total. The number of rotatable bonds is 3. The number of aromatic hydroxyl groups is 1. The van der Waals surface area contributed by atoms with E-state index in [9.17, 15) is 14.7 Å². The Labute approximate surface area is 150 Å². The standard InChI is InChI=1S/C19H21N3O4/c23-15-14(16(24)20-12-13-6-2-1-3-7-13)21-18-19(8-4-5-9-19)26-11-10-22(18)17(15)25/h1-3,6-7,23H,4-5,8-12H2,(H,20,24). The minimum absolute atomic E-state index is 0.228. The maximum absolute atomic E-state index is 12.6. The molecule has 4 rings (SSSR count). The van der Waals surface area contributed by atoms with Crippen LogP contribution in [0.5, 0.6) is 5.75 Å². The molecule has 2 aliphatic rings. The fourth-order valence-corrected chi connectivity index (χ4v) is 3.83. The van der Waals surface area contributed by atoms with Crippen LogP contribution in [0.25, 0.3) is 0 Å². The van der Waals surface area contributed by atoms with Crippen molar-refractivity contribution in [3.05, 3.63) is 57.8 Å². The normalized spacial score (nSPS) is 17.8. The van der Waals surface area contributed by atoms with Gasteiger partial charge in [0.2, 0.25) is 5.75 Å². The zero-order valence-electron chi connectivity index (χ0n) is 14.4. The van der Waals surface area contributed by atoms with E-state index in [1.165, 1.54) is 4.57 Å². The molecule has 2 aromatic rings. The molecule has 7 nitrogen and oxygen atoms in total. The summed E-state index contributed by atoms with van der Waals surface area (Å²) >= 11 is 0. The minimum Gasteiger partial charge on any atom is -0.501 e. The smallest absolute Gasteiger partial charge is 0.296 e. The van der Waals surface area contributed by atoms with Crippen LogP contribution in [0.1, 0.15) is 47.6 Å². The number of carbonyl (C=O) groups excluding carboxylic acids is 1. The van der Waals surface area contributed by atoms with Gasteiger partial charge in [0.15, 0.2) is 5.69 Å². The topological polar surface area (TPSA) is 93.5 Å². The van der Waals surface area contributed by atoms with E-state index in [2.05, 4.69) is 10.3 Å². The van der Waals surface area contributed by atoms with Crippen LogP contribution in [-0.2, 0) is 23.4 Å². The van der Waals surface area contributed by atoms with Gasteiger partial charge in [-0.05, 0) is 31.2 Å².